The van der Waals surface area contributed by atoms with Crippen molar-refractivity contribution in [1.29, 1.82) is 0 Å². The highest BCUT2D eigenvalue weighted by Crippen LogP contribution is 2.45. The number of nitrogens with zero attached hydrogens (tertiary/aromatic N) is 4. The molecule has 0 bridgehead atoms. The number of para-hydroxylation sites is 3. The molecule has 0 aliphatic heterocycles. The zero-order valence-corrected chi connectivity index (χ0v) is 28.2. The van der Waals surface area contributed by atoms with Gasteiger partial charge in [0.1, 0.15) is 0 Å². The van der Waals surface area contributed by atoms with Crippen molar-refractivity contribution in [3.05, 3.63) is 170 Å². The second-order valence-corrected chi connectivity index (χ2v) is 14.1. The van der Waals surface area contributed by atoms with Gasteiger partial charge >= 0.3 is 0 Å². The van der Waals surface area contributed by atoms with Crippen molar-refractivity contribution in [2.75, 3.05) is 0 Å². The largest absolute Gasteiger partial charge is 0.309 e. The van der Waals surface area contributed by atoms with Gasteiger partial charge in [0.05, 0.1) is 33.5 Å². The number of hydrogen-bond donors (Lipinski definition) is 0. The topological polar surface area (TPSA) is 35.6 Å². The molecule has 5 heteroatoms. The van der Waals surface area contributed by atoms with Gasteiger partial charge < -0.3 is 4.57 Å². The number of benzene rings is 7. The van der Waals surface area contributed by atoms with Crippen molar-refractivity contribution >= 4 is 75.1 Å². The zero-order valence-electron chi connectivity index (χ0n) is 27.4. The maximum atomic E-state index is 5.26. The van der Waals surface area contributed by atoms with E-state index in [1.165, 1.54) is 58.4 Å². The number of aromatic nitrogens is 4. The van der Waals surface area contributed by atoms with Crippen LogP contribution in [0.5, 0.6) is 0 Å². The first-order valence-electron chi connectivity index (χ1n) is 17.2. The first-order chi connectivity index (χ1) is 25.3. The van der Waals surface area contributed by atoms with Gasteiger partial charge in [-0.1, -0.05) is 121 Å². The van der Waals surface area contributed by atoms with Crippen LogP contribution in [0.2, 0.25) is 0 Å². The van der Waals surface area contributed by atoms with E-state index in [9.17, 15) is 0 Å². The molecule has 0 N–H and O–H groups in total. The summed E-state index contributed by atoms with van der Waals surface area (Å²) in [7, 11) is 0. The van der Waals surface area contributed by atoms with Gasteiger partial charge in [-0.2, -0.15) is 0 Å². The van der Waals surface area contributed by atoms with Gasteiger partial charge in [0.15, 0.2) is 0 Å². The summed E-state index contributed by atoms with van der Waals surface area (Å²) in [5, 5.41) is 7.47. The van der Waals surface area contributed by atoms with Gasteiger partial charge in [0.25, 0.3) is 0 Å². The van der Waals surface area contributed by atoms with Gasteiger partial charge in [0, 0.05) is 58.5 Å². The van der Waals surface area contributed by atoms with E-state index in [-0.39, 0.29) is 0 Å². The molecular formula is C46H28N4S. The molecule has 4 aromatic heterocycles. The van der Waals surface area contributed by atoms with Gasteiger partial charge in [0.2, 0.25) is 5.95 Å². The fourth-order valence-corrected chi connectivity index (χ4v) is 9.15. The molecule has 51 heavy (non-hydrogen) atoms. The van der Waals surface area contributed by atoms with E-state index in [4.69, 9.17) is 9.97 Å². The molecule has 0 spiro atoms. The Hall–Kier alpha value is -6.56. The normalized spacial score (nSPS) is 11.9. The fraction of sp³-hybridized carbons (Fsp3) is 0. The lowest BCUT2D eigenvalue weighted by Crippen LogP contribution is -2.03. The Morgan fingerprint density at radius 1 is 0.392 bits per heavy atom. The first kappa shape index (κ1) is 28.3. The fourth-order valence-electron chi connectivity index (χ4n) is 7.87. The number of fused-ring (bicyclic) bond motifs is 10. The molecule has 0 unspecified atom stereocenters. The summed E-state index contributed by atoms with van der Waals surface area (Å²) in [5.74, 6) is 0.661. The summed E-state index contributed by atoms with van der Waals surface area (Å²) >= 11 is 1.89. The van der Waals surface area contributed by atoms with Crippen molar-refractivity contribution in [2.45, 2.75) is 0 Å². The van der Waals surface area contributed by atoms with E-state index < -0.39 is 0 Å². The lowest BCUT2D eigenvalue weighted by Gasteiger charge is -2.12. The smallest absolute Gasteiger partial charge is 0.235 e. The van der Waals surface area contributed by atoms with Crippen LogP contribution in [-0.4, -0.2) is 19.1 Å². The maximum Gasteiger partial charge on any atom is 0.235 e. The number of thiophene rings is 1. The lowest BCUT2D eigenvalue weighted by molar-refractivity contribution is 0.996. The number of rotatable bonds is 4. The Morgan fingerprint density at radius 3 is 1.67 bits per heavy atom. The summed E-state index contributed by atoms with van der Waals surface area (Å²) < 4.78 is 7.24. The molecular weight excluding hydrogens is 641 g/mol. The third-order valence-corrected chi connectivity index (χ3v) is 11.3. The minimum absolute atomic E-state index is 0.661. The summed E-state index contributed by atoms with van der Waals surface area (Å²) in [5.41, 5.74) is 9.70. The first-order valence-corrected chi connectivity index (χ1v) is 18.0. The molecule has 0 aliphatic rings. The van der Waals surface area contributed by atoms with Crippen molar-refractivity contribution in [3.63, 3.8) is 0 Å². The van der Waals surface area contributed by atoms with E-state index in [1.54, 1.807) is 0 Å². The Morgan fingerprint density at radius 2 is 0.980 bits per heavy atom. The van der Waals surface area contributed by atoms with Crippen molar-refractivity contribution in [3.8, 4) is 34.2 Å². The third-order valence-electron chi connectivity index (χ3n) is 10.1. The SMILES string of the molecule is c1ccc(-c2cc(-c3ccccc3)nc(-n3c4ccccc4c4cc5sc6c(ccc7c6c6ccccc6n7-c6ccccc6)c5cc43)n2)cc1. The van der Waals surface area contributed by atoms with Gasteiger partial charge in [-0.05, 0) is 48.5 Å². The Kier molecular flexibility index (Phi) is 6.09. The Labute approximate surface area is 297 Å². The minimum Gasteiger partial charge on any atom is -0.309 e. The highest BCUT2D eigenvalue weighted by molar-refractivity contribution is 7.26. The van der Waals surface area contributed by atoms with E-state index in [0.717, 1.165) is 33.5 Å². The van der Waals surface area contributed by atoms with Crippen LogP contribution in [0.1, 0.15) is 0 Å². The third kappa shape index (κ3) is 4.25. The standard InChI is InChI=1S/C46H28N4S/c1-4-14-29(15-5-1)37-28-38(30-16-6-2-7-17-30)48-46(47-37)50-39-22-12-10-20-32(39)35-27-43-36(26-42(35)50)33-24-25-41-44(45(33)51-43)34-21-11-13-23-40(34)49(41)31-18-8-3-9-19-31/h1-28H. The molecule has 4 nitrogen and oxygen atoms in total. The van der Waals surface area contributed by atoms with Crippen LogP contribution < -0.4 is 0 Å². The van der Waals surface area contributed by atoms with Gasteiger partial charge in [-0.3, -0.25) is 4.57 Å². The quantitative estimate of drug-likeness (QED) is 0.187. The average Bonchev–Trinajstić information content (AvgIpc) is 3.85. The van der Waals surface area contributed by atoms with E-state index >= 15 is 0 Å². The molecule has 11 rings (SSSR count). The molecule has 238 valence electrons. The van der Waals surface area contributed by atoms with E-state index in [2.05, 4.69) is 167 Å². The molecule has 0 atom stereocenters. The van der Waals surface area contributed by atoms with Crippen molar-refractivity contribution < 1.29 is 0 Å². The lowest BCUT2D eigenvalue weighted by atomic mass is 10.1. The highest BCUT2D eigenvalue weighted by Gasteiger charge is 2.21. The average molecular weight is 669 g/mol. The maximum absolute atomic E-state index is 5.26. The van der Waals surface area contributed by atoms with Crippen LogP contribution in [0.3, 0.4) is 0 Å². The molecule has 4 heterocycles. The second kappa shape index (κ2) is 11.0. The van der Waals surface area contributed by atoms with Crippen LogP contribution in [0, 0.1) is 0 Å². The van der Waals surface area contributed by atoms with Crippen LogP contribution >= 0.6 is 11.3 Å². The van der Waals surface area contributed by atoms with Crippen molar-refractivity contribution in [2.24, 2.45) is 0 Å². The summed E-state index contributed by atoms with van der Waals surface area (Å²) in [4.78, 5) is 10.5. The summed E-state index contributed by atoms with van der Waals surface area (Å²) in [6, 6.07) is 60.4. The van der Waals surface area contributed by atoms with Crippen LogP contribution in [0.25, 0.3) is 97.9 Å². The van der Waals surface area contributed by atoms with Gasteiger partial charge in [-0.15, -0.1) is 11.3 Å². The molecule has 11 aromatic rings. The minimum atomic E-state index is 0.661. The van der Waals surface area contributed by atoms with Crippen LogP contribution in [-0.2, 0) is 0 Å². The van der Waals surface area contributed by atoms with Crippen LogP contribution in [0.4, 0.5) is 0 Å². The molecule has 0 saturated carbocycles. The number of hydrogen-bond acceptors (Lipinski definition) is 3. The van der Waals surface area contributed by atoms with Gasteiger partial charge in [-0.25, -0.2) is 9.97 Å². The molecule has 7 aromatic carbocycles. The molecule has 0 aliphatic carbocycles. The molecule has 0 saturated heterocycles. The summed E-state index contributed by atoms with van der Waals surface area (Å²) in [6.07, 6.45) is 0. The molecule has 0 fully saturated rings. The van der Waals surface area contributed by atoms with E-state index in [0.29, 0.717) is 5.95 Å². The zero-order chi connectivity index (χ0) is 33.5. The Bertz CT molecular complexity index is 3060. The highest BCUT2D eigenvalue weighted by atomic mass is 32.1. The predicted octanol–water partition coefficient (Wildman–Crippen LogP) is 12.4. The Balaban J connectivity index is 1.22. The van der Waals surface area contributed by atoms with Crippen LogP contribution in [0.15, 0.2) is 170 Å². The predicted molar refractivity (Wildman–Crippen MR) is 214 cm³/mol. The second-order valence-electron chi connectivity index (χ2n) is 13.0. The monoisotopic (exact) mass is 668 g/mol. The molecule has 0 amide bonds. The molecule has 0 radical (unpaired) electrons. The van der Waals surface area contributed by atoms with Crippen molar-refractivity contribution in [1.82, 2.24) is 19.1 Å². The van der Waals surface area contributed by atoms with E-state index in [1.807, 2.05) is 23.5 Å². The summed E-state index contributed by atoms with van der Waals surface area (Å²) in [6.45, 7) is 0.